The second-order valence-corrected chi connectivity index (χ2v) is 11.0. The van der Waals surface area contributed by atoms with Crippen molar-refractivity contribution in [3.05, 3.63) is 70.7 Å². The Morgan fingerprint density at radius 3 is 2.72 bits per heavy atom. The molecule has 7 nitrogen and oxygen atoms in total. The fourth-order valence-corrected chi connectivity index (χ4v) is 5.67. The molecule has 36 heavy (non-hydrogen) atoms. The highest BCUT2D eigenvalue weighted by Crippen LogP contribution is 2.38. The van der Waals surface area contributed by atoms with Crippen LogP contribution in [0.4, 0.5) is 15.9 Å². The van der Waals surface area contributed by atoms with E-state index in [2.05, 4.69) is 43.1 Å². The second-order valence-electron chi connectivity index (χ2n) is 9.61. The molecule has 2 N–H and O–H groups in total. The van der Waals surface area contributed by atoms with E-state index >= 15 is 0 Å². The number of hydrogen-bond donors (Lipinski definition) is 2. The first-order valence-electron chi connectivity index (χ1n) is 12.6. The number of aliphatic hydroxyl groups is 1. The summed E-state index contributed by atoms with van der Waals surface area (Å²) < 4.78 is 15.8. The third-order valence-corrected chi connectivity index (χ3v) is 8.04. The summed E-state index contributed by atoms with van der Waals surface area (Å²) in [5.74, 6) is 1.56. The largest absolute Gasteiger partial charge is 0.391 e. The number of benzene rings is 1. The molecule has 0 amide bonds. The molecule has 2 atom stereocenters. The SMILES string of the molecule is OC1CCCN(C(Nc2cnc(N3CCCC3c3cc(F)ccc3Cl)ccn(I)nc2)=C2CCC2)C1. The first kappa shape index (κ1) is 25.5. The van der Waals surface area contributed by atoms with Crippen molar-refractivity contribution in [3.8, 4) is 0 Å². The minimum absolute atomic E-state index is 0.0479. The third kappa shape index (κ3) is 5.89. The van der Waals surface area contributed by atoms with Crippen LogP contribution in [0.5, 0.6) is 0 Å². The first-order valence-corrected chi connectivity index (χ1v) is 13.9. The highest BCUT2D eigenvalue weighted by molar-refractivity contribution is 14.1. The van der Waals surface area contributed by atoms with Gasteiger partial charge in [-0.05, 0) is 80.3 Å². The van der Waals surface area contributed by atoms with Crippen LogP contribution in [0.3, 0.4) is 0 Å². The number of halogens is 3. The van der Waals surface area contributed by atoms with Crippen molar-refractivity contribution in [2.24, 2.45) is 0 Å². The molecule has 3 aliphatic rings. The Bertz CT molecular complexity index is 1180. The number of anilines is 2. The summed E-state index contributed by atoms with van der Waals surface area (Å²) in [5, 5.41) is 18.9. The molecule has 1 aromatic heterocycles. The van der Waals surface area contributed by atoms with E-state index in [1.165, 1.54) is 24.1 Å². The van der Waals surface area contributed by atoms with Crippen LogP contribution >= 0.6 is 34.5 Å². The normalized spacial score (nSPS) is 21.7. The van der Waals surface area contributed by atoms with Crippen molar-refractivity contribution in [2.75, 3.05) is 29.9 Å². The Hall–Kier alpha value is -2.11. The van der Waals surface area contributed by atoms with E-state index in [9.17, 15) is 9.50 Å². The van der Waals surface area contributed by atoms with Crippen LogP contribution < -0.4 is 10.2 Å². The molecule has 1 saturated carbocycles. The fourth-order valence-electron chi connectivity index (χ4n) is 5.14. The zero-order valence-electron chi connectivity index (χ0n) is 20.1. The summed E-state index contributed by atoms with van der Waals surface area (Å²) in [6.45, 7) is 2.36. The van der Waals surface area contributed by atoms with E-state index < -0.39 is 0 Å². The molecule has 10 heteroatoms. The predicted octanol–water partition coefficient (Wildman–Crippen LogP) is 6.00. The molecule has 2 unspecified atom stereocenters. The Morgan fingerprint density at radius 1 is 1.11 bits per heavy atom. The monoisotopic (exact) mass is 624 g/mol. The summed E-state index contributed by atoms with van der Waals surface area (Å²) in [6.07, 6.45) is 12.1. The van der Waals surface area contributed by atoms with Gasteiger partial charge in [0.2, 0.25) is 0 Å². The fraction of sp³-hybridized carbons (Fsp3) is 0.462. The van der Waals surface area contributed by atoms with Crippen LogP contribution in [-0.4, -0.2) is 48.7 Å². The molecule has 2 aromatic rings. The molecule has 0 bridgehead atoms. The summed E-state index contributed by atoms with van der Waals surface area (Å²) in [4.78, 5) is 9.32. The molecule has 2 saturated heterocycles. The van der Waals surface area contributed by atoms with Gasteiger partial charge >= 0.3 is 0 Å². The van der Waals surface area contributed by atoms with Gasteiger partial charge in [-0.3, -0.25) is 0 Å². The van der Waals surface area contributed by atoms with Gasteiger partial charge in [0.25, 0.3) is 0 Å². The van der Waals surface area contributed by atoms with Crippen LogP contribution in [0.15, 0.2) is 54.3 Å². The van der Waals surface area contributed by atoms with Gasteiger partial charge in [0.15, 0.2) is 0 Å². The van der Waals surface area contributed by atoms with Crippen LogP contribution in [0.2, 0.25) is 5.02 Å². The molecule has 1 aromatic carbocycles. The van der Waals surface area contributed by atoms with E-state index in [1.54, 1.807) is 21.4 Å². The van der Waals surface area contributed by atoms with Gasteiger partial charge in [-0.2, -0.15) is 5.10 Å². The standard InChI is InChI=1S/C26H31ClFIN6O/c27-23-9-8-19(28)14-22(23)24-7-3-12-34(24)25-10-13-35(29)31-16-20(15-30-25)32-26(18-4-1-5-18)33-11-2-6-21(36)17-33/h8-10,13-16,21,24,32,36H,1-7,11-12,17H2. The lowest BCUT2D eigenvalue weighted by Gasteiger charge is -2.37. The summed E-state index contributed by atoms with van der Waals surface area (Å²) in [6, 6.07) is 6.43. The van der Waals surface area contributed by atoms with Crippen molar-refractivity contribution in [3.63, 3.8) is 0 Å². The molecule has 1 aliphatic carbocycles. The van der Waals surface area contributed by atoms with Gasteiger partial charge in [-0.25, -0.2) is 12.3 Å². The number of nitrogens with zero attached hydrogens (tertiary/aromatic N) is 5. The molecule has 5 rings (SSSR count). The number of hydrogen-bond acceptors (Lipinski definition) is 6. The number of allylic oxidation sites excluding steroid dienone is 1. The highest BCUT2D eigenvalue weighted by atomic mass is 127. The van der Waals surface area contributed by atoms with E-state index in [4.69, 9.17) is 16.6 Å². The molecule has 192 valence electrons. The van der Waals surface area contributed by atoms with E-state index in [0.717, 1.165) is 74.5 Å². The number of aromatic nitrogens is 3. The molecule has 3 heterocycles. The minimum Gasteiger partial charge on any atom is -0.391 e. The summed E-state index contributed by atoms with van der Waals surface area (Å²) in [7, 11) is 0. The van der Waals surface area contributed by atoms with Crippen LogP contribution in [0.1, 0.15) is 56.6 Å². The van der Waals surface area contributed by atoms with Gasteiger partial charge < -0.3 is 20.2 Å². The van der Waals surface area contributed by atoms with E-state index in [1.807, 2.05) is 12.3 Å². The number of nitrogens with one attached hydrogen (secondary N) is 1. The third-order valence-electron chi connectivity index (χ3n) is 7.12. The maximum Gasteiger partial charge on any atom is 0.130 e. The second kappa shape index (κ2) is 11.5. The molecule has 0 radical (unpaired) electrons. The molecule has 3 fully saturated rings. The van der Waals surface area contributed by atoms with Crippen LogP contribution in [-0.2, 0) is 0 Å². The maximum atomic E-state index is 14.1. The van der Waals surface area contributed by atoms with E-state index in [0.29, 0.717) is 11.6 Å². The number of aliphatic hydroxyl groups excluding tert-OH is 1. The van der Waals surface area contributed by atoms with Crippen molar-refractivity contribution in [1.29, 1.82) is 0 Å². The highest BCUT2D eigenvalue weighted by Gasteiger charge is 2.29. The van der Waals surface area contributed by atoms with Crippen molar-refractivity contribution < 1.29 is 9.50 Å². The quantitative estimate of drug-likeness (QED) is 0.398. The molecule has 0 spiro atoms. The number of likely N-dealkylation sites (tertiary alicyclic amines) is 1. The Labute approximate surface area is 230 Å². The maximum absolute atomic E-state index is 14.1. The van der Waals surface area contributed by atoms with Gasteiger partial charge in [0.1, 0.15) is 17.5 Å². The lowest BCUT2D eigenvalue weighted by molar-refractivity contribution is 0.0874. The van der Waals surface area contributed by atoms with Gasteiger partial charge in [0.05, 0.1) is 53.1 Å². The van der Waals surface area contributed by atoms with Gasteiger partial charge in [-0.15, -0.1) is 0 Å². The lowest BCUT2D eigenvalue weighted by Crippen LogP contribution is -2.40. The Balaban J connectivity index is 1.48. The molecular weight excluding hydrogens is 594 g/mol. The van der Waals surface area contributed by atoms with Crippen molar-refractivity contribution >= 4 is 46.0 Å². The average molecular weight is 625 g/mol. The summed E-state index contributed by atoms with van der Waals surface area (Å²) in [5.41, 5.74) is 2.94. The smallest absolute Gasteiger partial charge is 0.130 e. The van der Waals surface area contributed by atoms with Gasteiger partial charge in [-0.1, -0.05) is 11.6 Å². The van der Waals surface area contributed by atoms with Crippen molar-refractivity contribution in [1.82, 2.24) is 17.9 Å². The van der Waals surface area contributed by atoms with Crippen molar-refractivity contribution in [2.45, 2.75) is 57.1 Å². The Kier molecular flexibility index (Phi) is 8.17. The van der Waals surface area contributed by atoms with Gasteiger partial charge in [0, 0.05) is 30.9 Å². The number of rotatable bonds is 5. The lowest BCUT2D eigenvalue weighted by atomic mass is 9.91. The summed E-state index contributed by atoms with van der Waals surface area (Å²) >= 11 is 8.60. The van der Waals surface area contributed by atoms with E-state index in [-0.39, 0.29) is 18.0 Å². The van der Waals surface area contributed by atoms with Crippen LogP contribution in [0, 0.1) is 5.82 Å². The topological polar surface area (TPSA) is 69.5 Å². The zero-order chi connectivity index (χ0) is 25.1. The molecule has 2 aliphatic heterocycles. The first-order chi connectivity index (χ1) is 17.5. The number of piperidine rings is 1. The minimum atomic E-state index is -0.306. The Morgan fingerprint density at radius 2 is 1.94 bits per heavy atom. The zero-order valence-corrected chi connectivity index (χ0v) is 23.0. The number of β-amino-alcohol motifs (C(OH)–C–C–N with tert-alkyl or cyclic N) is 1. The average Bonchev–Trinajstić information content (AvgIpc) is 3.33. The predicted molar refractivity (Wildman–Crippen MR) is 149 cm³/mol. The van der Waals surface area contributed by atoms with Crippen LogP contribution in [0.25, 0.3) is 0 Å². The molecular formula is C26H31ClFIN6O.